The molecular formula is C9H13N3O2. The fourth-order valence-electron chi connectivity index (χ4n) is 1.73. The Morgan fingerprint density at radius 1 is 1.14 bits per heavy atom. The molecule has 0 unspecified atom stereocenters. The minimum absolute atomic E-state index is 0.00606. The van der Waals surface area contributed by atoms with Gasteiger partial charge in [0.1, 0.15) is 0 Å². The third kappa shape index (κ3) is 1.86. The van der Waals surface area contributed by atoms with Crippen molar-refractivity contribution in [1.82, 2.24) is 15.5 Å². The van der Waals surface area contributed by atoms with Crippen molar-refractivity contribution in [2.24, 2.45) is 0 Å². The van der Waals surface area contributed by atoms with Gasteiger partial charge in [-0.1, -0.05) is 0 Å². The molecule has 5 nitrogen and oxygen atoms in total. The van der Waals surface area contributed by atoms with Gasteiger partial charge >= 0.3 is 0 Å². The van der Waals surface area contributed by atoms with Gasteiger partial charge in [-0.3, -0.25) is 9.59 Å². The standard InChI is InChI=1S/C9H13N3O2/c13-8-5-7-6-9(14)11-2-4-12(7)3-1-10-8/h5H,1-4,6H2,(H,10,13)(H,11,14). The number of carbonyl (C=O) groups is 2. The van der Waals surface area contributed by atoms with Crippen LogP contribution in [0.25, 0.3) is 0 Å². The van der Waals surface area contributed by atoms with E-state index < -0.39 is 0 Å². The SMILES string of the molecule is O=C1C=C2CC(=O)NCCN2CCN1. The van der Waals surface area contributed by atoms with Gasteiger partial charge in [-0.15, -0.1) is 0 Å². The van der Waals surface area contributed by atoms with E-state index in [-0.39, 0.29) is 11.8 Å². The molecule has 1 fully saturated rings. The molecule has 0 radical (unpaired) electrons. The molecule has 0 atom stereocenters. The molecular weight excluding hydrogens is 182 g/mol. The largest absolute Gasteiger partial charge is 0.371 e. The summed E-state index contributed by atoms with van der Waals surface area (Å²) in [7, 11) is 0. The molecule has 5 heteroatoms. The third-order valence-electron chi connectivity index (χ3n) is 2.43. The van der Waals surface area contributed by atoms with E-state index in [0.717, 1.165) is 18.8 Å². The summed E-state index contributed by atoms with van der Waals surface area (Å²) < 4.78 is 0. The molecule has 76 valence electrons. The van der Waals surface area contributed by atoms with E-state index in [2.05, 4.69) is 15.5 Å². The summed E-state index contributed by atoms with van der Waals surface area (Å²) in [5.74, 6) is -0.106. The molecule has 2 heterocycles. The summed E-state index contributed by atoms with van der Waals surface area (Å²) in [6.45, 7) is 2.87. The summed E-state index contributed by atoms with van der Waals surface area (Å²) in [5.41, 5.74) is 0.829. The van der Waals surface area contributed by atoms with Gasteiger partial charge in [0.15, 0.2) is 0 Å². The molecule has 0 aromatic carbocycles. The van der Waals surface area contributed by atoms with E-state index in [4.69, 9.17) is 0 Å². The zero-order valence-corrected chi connectivity index (χ0v) is 7.88. The second-order valence-electron chi connectivity index (χ2n) is 3.44. The van der Waals surface area contributed by atoms with Gasteiger partial charge in [-0.25, -0.2) is 0 Å². The molecule has 14 heavy (non-hydrogen) atoms. The van der Waals surface area contributed by atoms with Crippen LogP contribution in [0.1, 0.15) is 6.42 Å². The Bertz CT molecular complexity index is 298. The van der Waals surface area contributed by atoms with E-state index >= 15 is 0 Å². The van der Waals surface area contributed by atoms with Crippen molar-refractivity contribution in [3.8, 4) is 0 Å². The summed E-state index contributed by atoms with van der Waals surface area (Å²) in [4.78, 5) is 24.5. The normalized spacial score (nSPS) is 22.6. The van der Waals surface area contributed by atoms with Crippen LogP contribution in [-0.2, 0) is 9.59 Å². The second-order valence-corrected chi connectivity index (χ2v) is 3.44. The molecule has 0 aromatic rings. The van der Waals surface area contributed by atoms with Gasteiger partial charge in [0.25, 0.3) is 0 Å². The van der Waals surface area contributed by atoms with Crippen molar-refractivity contribution in [2.75, 3.05) is 26.2 Å². The summed E-state index contributed by atoms with van der Waals surface area (Å²) in [5, 5.41) is 5.53. The number of hydrogen-bond acceptors (Lipinski definition) is 3. The minimum Gasteiger partial charge on any atom is -0.371 e. The van der Waals surface area contributed by atoms with Gasteiger partial charge in [-0.05, 0) is 0 Å². The summed E-state index contributed by atoms with van der Waals surface area (Å²) in [6.07, 6.45) is 1.84. The number of hydrogen-bond donors (Lipinski definition) is 2. The molecule has 1 saturated heterocycles. The van der Waals surface area contributed by atoms with Gasteiger partial charge in [0.05, 0.1) is 6.42 Å². The lowest BCUT2D eigenvalue weighted by Crippen LogP contribution is -2.32. The molecule has 0 aliphatic carbocycles. The van der Waals surface area contributed by atoms with Crippen LogP contribution >= 0.6 is 0 Å². The lowest BCUT2D eigenvalue weighted by molar-refractivity contribution is -0.120. The molecule has 0 aromatic heterocycles. The van der Waals surface area contributed by atoms with Crippen molar-refractivity contribution in [1.29, 1.82) is 0 Å². The molecule has 2 aliphatic heterocycles. The highest BCUT2D eigenvalue weighted by Crippen LogP contribution is 2.12. The van der Waals surface area contributed by atoms with Crippen LogP contribution in [0.2, 0.25) is 0 Å². The predicted molar refractivity (Wildman–Crippen MR) is 50.3 cm³/mol. The molecule has 2 amide bonds. The average molecular weight is 195 g/mol. The van der Waals surface area contributed by atoms with E-state index in [0.29, 0.717) is 19.5 Å². The third-order valence-corrected chi connectivity index (χ3v) is 2.43. The van der Waals surface area contributed by atoms with Gasteiger partial charge in [-0.2, -0.15) is 0 Å². The van der Waals surface area contributed by atoms with E-state index in [1.807, 2.05) is 0 Å². The summed E-state index contributed by atoms with van der Waals surface area (Å²) >= 11 is 0. The lowest BCUT2D eigenvalue weighted by Gasteiger charge is -2.21. The van der Waals surface area contributed by atoms with Crippen LogP contribution in [0.4, 0.5) is 0 Å². The fraction of sp³-hybridized carbons (Fsp3) is 0.556. The van der Waals surface area contributed by atoms with Crippen molar-refractivity contribution in [2.45, 2.75) is 6.42 Å². The molecule has 2 aliphatic rings. The number of nitrogens with one attached hydrogen (secondary N) is 2. The molecule has 0 bridgehead atoms. The lowest BCUT2D eigenvalue weighted by atomic mass is 10.2. The Morgan fingerprint density at radius 2 is 1.86 bits per heavy atom. The first-order valence-electron chi connectivity index (χ1n) is 4.76. The zero-order chi connectivity index (χ0) is 9.97. The van der Waals surface area contributed by atoms with E-state index in [1.54, 1.807) is 0 Å². The maximum Gasteiger partial charge on any atom is 0.245 e. The maximum absolute atomic E-state index is 11.2. The first kappa shape index (κ1) is 9.05. The van der Waals surface area contributed by atoms with Crippen molar-refractivity contribution >= 4 is 11.8 Å². The van der Waals surface area contributed by atoms with Gasteiger partial charge in [0, 0.05) is 38.0 Å². The Labute approximate surface area is 82.1 Å². The number of nitrogens with zero attached hydrogens (tertiary/aromatic N) is 1. The molecule has 0 saturated carbocycles. The van der Waals surface area contributed by atoms with E-state index in [1.165, 1.54) is 6.08 Å². The van der Waals surface area contributed by atoms with Crippen molar-refractivity contribution in [3.63, 3.8) is 0 Å². The van der Waals surface area contributed by atoms with Crippen LogP contribution < -0.4 is 10.6 Å². The first-order valence-corrected chi connectivity index (χ1v) is 4.76. The van der Waals surface area contributed by atoms with Gasteiger partial charge in [0.2, 0.25) is 11.8 Å². The van der Waals surface area contributed by atoms with E-state index in [9.17, 15) is 9.59 Å². The molecule has 2 N–H and O–H groups in total. The highest BCUT2D eigenvalue weighted by atomic mass is 16.2. The van der Waals surface area contributed by atoms with Crippen LogP contribution in [0.15, 0.2) is 11.8 Å². The Hall–Kier alpha value is -1.52. The van der Waals surface area contributed by atoms with Gasteiger partial charge < -0.3 is 15.5 Å². The second kappa shape index (κ2) is 3.69. The predicted octanol–water partition coefficient (Wildman–Crippen LogP) is -1.18. The quantitative estimate of drug-likeness (QED) is 0.511. The number of rotatable bonds is 0. The Kier molecular flexibility index (Phi) is 2.39. The van der Waals surface area contributed by atoms with Crippen LogP contribution in [0, 0.1) is 0 Å². The first-order chi connectivity index (χ1) is 6.75. The molecule has 2 rings (SSSR count). The highest BCUT2D eigenvalue weighted by molar-refractivity contribution is 5.90. The Balaban J connectivity index is 2.21. The minimum atomic E-state index is -0.0998. The fourth-order valence-corrected chi connectivity index (χ4v) is 1.73. The average Bonchev–Trinajstić information content (AvgIpc) is 2.37. The van der Waals surface area contributed by atoms with Crippen LogP contribution in [0.3, 0.4) is 0 Å². The Morgan fingerprint density at radius 3 is 2.64 bits per heavy atom. The van der Waals surface area contributed by atoms with Crippen molar-refractivity contribution in [3.05, 3.63) is 11.8 Å². The summed E-state index contributed by atoms with van der Waals surface area (Å²) in [6, 6.07) is 0. The number of fused-ring (bicyclic) bond motifs is 1. The topological polar surface area (TPSA) is 61.4 Å². The zero-order valence-electron chi connectivity index (χ0n) is 7.88. The van der Waals surface area contributed by atoms with Crippen LogP contribution in [0.5, 0.6) is 0 Å². The smallest absolute Gasteiger partial charge is 0.245 e. The number of carbonyl (C=O) groups excluding carboxylic acids is 2. The molecule has 0 spiro atoms. The number of amides is 2. The monoisotopic (exact) mass is 195 g/mol. The maximum atomic E-state index is 11.2. The highest BCUT2D eigenvalue weighted by Gasteiger charge is 2.20. The van der Waals surface area contributed by atoms with Crippen LogP contribution in [-0.4, -0.2) is 42.9 Å². The van der Waals surface area contributed by atoms with Crippen molar-refractivity contribution < 1.29 is 9.59 Å².